The van der Waals surface area contributed by atoms with E-state index in [1.165, 1.54) is 28.7 Å². The van der Waals surface area contributed by atoms with Gasteiger partial charge in [0, 0.05) is 30.6 Å². The first kappa shape index (κ1) is 28.6. The third-order valence-electron chi connectivity index (χ3n) is 12.8. The van der Waals surface area contributed by atoms with Crippen molar-refractivity contribution in [1.82, 2.24) is 0 Å². The van der Waals surface area contributed by atoms with Gasteiger partial charge in [-0.05, 0) is 98.1 Å². The Hall–Kier alpha value is -2.64. The molecule has 7 aliphatic rings. The van der Waals surface area contributed by atoms with E-state index in [1.807, 2.05) is 0 Å². The normalized spacial score (nSPS) is 40.6. The zero-order valence-corrected chi connectivity index (χ0v) is 26.5. The minimum atomic E-state index is -0.869. The summed E-state index contributed by atoms with van der Waals surface area (Å²) in [7, 11) is 0. The summed E-state index contributed by atoms with van der Waals surface area (Å²) in [5.74, 6) is 2.59. The van der Waals surface area contributed by atoms with Gasteiger partial charge >= 0.3 is 0 Å². The Balaban J connectivity index is 1.09. The second-order valence-electron chi connectivity index (χ2n) is 15.0. The highest BCUT2D eigenvalue weighted by Crippen LogP contribution is 2.74. The highest BCUT2D eigenvalue weighted by atomic mass is 16.7. The average molecular weight is 611 g/mol. The smallest absolute Gasteiger partial charge is 0.199 e. The molecule has 0 aromatic heterocycles. The predicted octanol–water partition coefficient (Wildman–Crippen LogP) is 7.67. The van der Waals surface area contributed by atoms with E-state index in [0.717, 1.165) is 75.9 Å². The molecular formula is C39H46O6. The first-order chi connectivity index (χ1) is 21.9. The van der Waals surface area contributed by atoms with E-state index < -0.39 is 11.4 Å². The van der Waals surface area contributed by atoms with Crippen LogP contribution in [0.4, 0.5) is 0 Å². The van der Waals surface area contributed by atoms with Crippen LogP contribution in [0.2, 0.25) is 0 Å². The molecule has 2 aromatic carbocycles. The van der Waals surface area contributed by atoms with Crippen molar-refractivity contribution >= 4 is 6.08 Å². The van der Waals surface area contributed by atoms with Gasteiger partial charge in [0.15, 0.2) is 17.7 Å². The van der Waals surface area contributed by atoms with E-state index >= 15 is 0 Å². The van der Waals surface area contributed by atoms with Gasteiger partial charge in [0.2, 0.25) is 0 Å². The van der Waals surface area contributed by atoms with E-state index in [9.17, 15) is 5.11 Å². The molecule has 0 bridgehead atoms. The minimum Gasteiger partial charge on any atom is -0.479 e. The summed E-state index contributed by atoms with van der Waals surface area (Å²) in [6, 6.07) is 19.4. The predicted molar refractivity (Wildman–Crippen MR) is 170 cm³/mol. The van der Waals surface area contributed by atoms with Crippen LogP contribution in [0.5, 0.6) is 5.75 Å². The molecule has 7 atom stereocenters. The topological polar surface area (TPSA) is 69.7 Å². The van der Waals surface area contributed by atoms with Crippen molar-refractivity contribution in [2.75, 3.05) is 19.8 Å². The fourth-order valence-electron chi connectivity index (χ4n) is 10.6. The van der Waals surface area contributed by atoms with Gasteiger partial charge in [0.25, 0.3) is 0 Å². The number of aliphatic hydroxyl groups is 1. The van der Waals surface area contributed by atoms with E-state index in [4.69, 9.17) is 23.7 Å². The molecule has 4 aliphatic carbocycles. The lowest BCUT2D eigenvalue weighted by Crippen LogP contribution is -2.54. The summed E-state index contributed by atoms with van der Waals surface area (Å²) in [4.78, 5) is 0. The lowest BCUT2D eigenvalue weighted by atomic mass is 9.50. The number of allylic oxidation sites excluding steroid dienone is 1. The number of hydrogen-bond acceptors (Lipinski definition) is 6. The number of fused-ring (bicyclic) bond motifs is 5. The third kappa shape index (κ3) is 4.50. The molecule has 1 unspecified atom stereocenters. The Morgan fingerprint density at radius 1 is 0.889 bits per heavy atom. The van der Waals surface area contributed by atoms with Gasteiger partial charge in [-0.3, -0.25) is 0 Å². The molecule has 2 aromatic rings. The van der Waals surface area contributed by atoms with Crippen LogP contribution >= 0.6 is 0 Å². The second-order valence-corrected chi connectivity index (χ2v) is 15.0. The fraction of sp³-hybridized carbons (Fsp3) is 0.590. The van der Waals surface area contributed by atoms with Crippen molar-refractivity contribution in [3.8, 4) is 5.75 Å². The Morgan fingerprint density at radius 2 is 1.71 bits per heavy atom. The summed E-state index contributed by atoms with van der Waals surface area (Å²) in [6.07, 6.45) is 12.5. The van der Waals surface area contributed by atoms with E-state index in [-0.39, 0.29) is 23.2 Å². The Bertz CT molecular complexity index is 1500. The van der Waals surface area contributed by atoms with Gasteiger partial charge in [0.1, 0.15) is 11.5 Å². The molecule has 2 spiro atoms. The molecule has 3 aliphatic heterocycles. The monoisotopic (exact) mass is 610 g/mol. The molecule has 45 heavy (non-hydrogen) atoms. The van der Waals surface area contributed by atoms with Crippen LogP contribution in [-0.4, -0.2) is 48.2 Å². The van der Waals surface area contributed by atoms with E-state index in [1.54, 1.807) is 0 Å². The van der Waals surface area contributed by atoms with Crippen LogP contribution < -0.4 is 4.74 Å². The van der Waals surface area contributed by atoms with Crippen LogP contribution in [-0.2, 0) is 18.9 Å². The molecule has 3 saturated carbocycles. The highest BCUT2D eigenvalue weighted by Gasteiger charge is 2.74. The Labute approximate surface area is 266 Å². The van der Waals surface area contributed by atoms with Gasteiger partial charge in [0.05, 0.1) is 25.4 Å². The largest absolute Gasteiger partial charge is 0.479 e. The standard InChI is InChI=1S/C39H46O6/c1-36-24-30(27-10-12-28(13-11-27)44-34-9-5-6-20-41-34)35-29(14-17-37(40)25-38(18-15-32(35)37)42-21-22-43-38)31(36)16-19-39(36)33(45-39)23-26-7-3-2-4-8-26/h2-4,7-8,10-13,23,29-31,34,40H,5-6,9,14-22,24-25H2,1H3/b33-23-/t29-,30+,31-,34?,36-,37+,39+/m0/s1. The molecule has 6 fully saturated rings. The number of epoxide rings is 1. The minimum absolute atomic E-state index is 0.0150. The molecule has 1 N–H and O–H groups in total. The van der Waals surface area contributed by atoms with Crippen molar-refractivity contribution in [3.05, 3.63) is 82.6 Å². The highest BCUT2D eigenvalue weighted by molar-refractivity contribution is 5.59. The zero-order valence-electron chi connectivity index (χ0n) is 26.5. The molecule has 6 nitrogen and oxygen atoms in total. The summed E-state index contributed by atoms with van der Waals surface area (Å²) in [6.45, 7) is 4.53. The molecular weight excluding hydrogens is 564 g/mol. The van der Waals surface area contributed by atoms with Gasteiger partial charge in [-0.1, -0.05) is 55.0 Å². The van der Waals surface area contributed by atoms with Crippen molar-refractivity contribution in [1.29, 1.82) is 0 Å². The third-order valence-corrected chi connectivity index (χ3v) is 12.8. The number of hydrogen-bond donors (Lipinski definition) is 1. The lowest BCUT2D eigenvalue weighted by Gasteiger charge is -2.56. The van der Waals surface area contributed by atoms with Crippen LogP contribution in [0.25, 0.3) is 6.08 Å². The maximum absolute atomic E-state index is 12.4. The first-order valence-electron chi connectivity index (χ1n) is 17.5. The van der Waals surface area contributed by atoms with Gasteiger partial charge in [-0.25, -0.2) is 0 Å². The lowest BCUT2D eigenvalue weighted by molar-refractivity contribution is -0.208. The number of rotatable bonds is 4. The van der Waals surface area contributed by atoms with Gasteiger partial charge in [-0.15, -0.1) is 0 Å². The molecule has 3 heterocycles. The molecule has 9 rings (SSSR count). The van der Waals surface area contributed by atoms with E-state index in [0.29, 0.717) is 31.5 Å². The maximum Gasteiger partial charge on any atom is 0.199 e. The Kier molecular flexibility index (Phi) is 6.62. The summed E-state index contributed by atoms with van der Waals surface area (Å²) < 4.78 is 31.1. The van der Waals surface area contributed by atoms with Gasteiger partial charge < -0.3 is 28.8 Å². The SMILES string of the molecule is C[C@]12C[C@H](c3ccc(OC4CCCCO4)cc3)C3=C4CCC5(C[C@]4(O)CC[C@H]3[C@@H]1CC[C@]21O/C1=C\c1ccccc1)OCCO5. The van der Waals surface area contributed by atoms with Crippen LogP contribution in [0, 0.1) is 17.3 Å². The van der Waals surface area contributed by atoms with Crippen molar-refractivity contribution in [2.45, 2.75) is 107 Å². The van der Waals surface area contributed by atoms with Crippen molar-refractivity contribution in [2.24, 2.45) is 17.3 Å². The molecule has 0 amide bonds. The van der Waals surface area contributed by atoms with E-state index in [2.05, 4.69) is 67.6 Å². The Morgan fingerprint density at radius 3 is 2.49 bits per heavy atom. The number of benzene rings is 2. The summed E-state index contributed by atoms with van der Waals surface area (Å²) in [5, 5.41) is 12.4. The summed E-state index contributed by atoms with van der Waals surface area (Å²) in [5.41, 5.74) is 4.26. The zero-order chi connectivity index (χ0) is 30.3. The molecule has 6 heteroatoms. The number of ether oxygens (including phenoxy) is 5. The van der Waals surface area contributed by atoms with Crippen molar-refractivity contribution in [3.63, 3.8) is 0 Å². The quantitative estimate of drug-likeness (QED) is 0.283. The second kappa shape index (κ2) is 10.4. The summed E-state index contributed by atoms with van der Waals surface area (Å²) >= 11 is 0. The molecule has 238 valence electrons. The molecule has 0 radical (unpaired) electrons. The van der Waals surface area contributed by atoms with Crippen LogP contribution in [0.3, 0.4) is 0 Å². The fourth-order valence-corrected chi connectivity index (χ4v) is 10.6. The van der Waals surface area contributed by atoms with Crippen molar-refractivity contribution < 1.29 is 28.8 Å². The van der Waals surface area contributed by atoms with Gasteiger partial charge in [-0.2, -0.15) is 0 Å². The molecule has 3 saturated heterocycles. The van der Waals surface area contributed by atoms with Crippen LogP contribution in [0.15, 0.2) is 71.5 Å². The maximum atomic E-state index is 12.4. The first-order valence-corrected chi connectivity index (χ1v) is 17.5. The average Bonchev–Trinajstić information content (AvgIpc) is 3.43. The van der Waals surface area contributed by atoms with Crippen LogP contribution in [0.1, 0.15) is 94.6 Å².